The van der Waals surface area contributed by atoms with Crippen molar-refractivity contribution in [3.63, 3.8) is 0 Å². The van der Waals surface area contributed by atoms with Crippen LogP contribution in [0.2, 0.25) is 0 Å². The zero-order valence-electron chi connectivity index (χ0n) is 10.5. The van der Waals surface area contributed by atoms with Crippen molar-refractivity contribution in [3.8, 4) is 0 Å². The summed E-state index contributed by atoms with van der Waals surface area (Å²) in [6, 6.07) is 16.0. The maximum absolute atomic E-state index is 11.5. The fourth-order valence-corrected chi connectivity index (χ4v) is 2.75. The van der Waals surface area contributed by atoms with Gasteiger partial charge in [0, 0.05) is 17.4 Å². The Balaban J connectivity index is 1.86. The number of nitrogens with zero attached hydrogens (tertiary/aromatic N) is 1. The molecule has 1 heterocycles. The molecule has 94 valence electrons. The highest BCUT2D eigenvalue weighted by molar-refractivity contribution is 7.99. The van der Waals surface area contributed by atoms with E-state index < -0.39 is 0 Å². The largest absolute Gasteiger partial charge is 0.618 e. The topological polar surface area (TPSA) is 26.9 Å². The first-order valence-corrected chi connectivity index (χ1v) is 7.02. The molecule has 2 aromatic rings. The Morgan fingerprint density at radius 2 is 1.83 bits per heavy atom. The number of benzene rings is 1. The summed E-state index contributed by atoms with van der Waals surface area (Å²) in [5.74, 6) is 0. The van der Waals surface area contributed by atoms with E-state index in [9.17, 15) is 5.21 Å². The van der Waals surface area contributed by atoms with Crippen LogP contribution in [0, 0.1) is 5.21 Å². The maximum Gasteiger partial charge on any atom is 0.251 e. The van der Waals surface area contributed by atoms with Gasteiger partial charge >= 0.3 is 0 Å². The summed E-state index contributed by atoms with van der Waals surface area (Å²) < 4.78 is 0.934. The van der Waals surface area contributed by atoms with Crippen LogP contribution in [-0.2, 0) is 6.42 Å². The highest BCUT2D eigenvalue weighted by atomic mass is 32.2. The summed E-state index contributed by atoms with van der Waals surface area (Å²) >= 11 is 1.64. The maximum atomic E-state index is 11.5. The molecule has 0 spiro atoms. The molecule has 0 fully saturated rings. The number of hydrogen-bond donors (Lipinski definition) is 0. The summed E-state index contributed by atoms with van der Waals surface area (Å²) in [6.45, 7) is 2.17. The van der Waals surface area contributed by atoms with Gasteiger partial charge in [-0.2, -0.15) is 4.73 Å². The molecular formula is C15H17NOS. The SMILES string of the molecule is CC(CCc1ccccc1)Sc1cccc[n+]1[O-]. The molecule has 0 bridgehead atoms. The average molecular weight is 259 g/mol. The molecule has 0 amide bonds. The second kappa shape index (κ2) is 6.45. The fraction of sp³-hybridized carbons (Fsp3) is 0.267. The minimum absolute atomic E-state index is 0.438. The molecule has 0 saturated carbocycles. The Bertz CT molecular complexity index is 487. The highest BCUT2D eigenvalue weighted by Gasteiger charge is 2.10. The molecule has 0 N–H and O–H groups in total. The molecule has 1 atom stereocenters. The van der Waals surface area contributed by atoms with Gasteiger partial charge in [-0.05, 0) is 24.5 Å². The molecule has 1 aromatic carbocycles. The number of aromatic nitrogens is 1. The second-order valence-corrected chi connectivity index (χ2v) is 5.78. The lowest BCUT2D eigenvalue weighted by Crippen LogP contribution is -2.28. The molecule has 0 aliphatic rings. The number of aryl methyl sites for hydroxylation is 1. The summed E-state index contributed by atoms with van der Waals surface area (Å²) in [6.07, 6.45) is 3.68. The molecule has 1 unspecified atom stereocenters. The van der Waals surface area contributed by atoms with E-state index >= 15 is 0 Å². The number of pyridine rings is 1. The van der Waals surface area contributed by atoms with Gasteiger partial charge in [-0.15, -0.1) is 0 Å². The molecule has 3 heteroatoms. The third kappa shape index (κ3) is 3.77. The van der Waals surface area contributed by atoms with Crippen molar-refractivity contribution in [2.75, 3.05) is 0 Å². The minimum atomic E-state index is 0.438. The van der Waals surface area contributed by atoms with Crippen LogP contribution in [0.1, 0.15) is 18.9 Å². The van der Waals surface area contributed by atoms with E-state index in [0.29, 0.717) is 5.25 Å². The smallest absolute Gasteiger partial charge is 0.251 e. The van der Waals surface area contributed by atoms with Gasteiger partial charge in [0.05, 0.1) is 0 Å². The first-order valence-electron chi connectivity index (χ1n) is 6.14. The fourth-order valence-electron chi connectivity index (χ4n) is 1.78. The van der Waals surface area contributed by atoms with E-state index in [2.05, 4.69) is 31.2 Å². The normalized spacial score (nSPS) is 12.3. The monoisotopic (exact) mass is 259 g/mol. The molecule has 2 nitrogen and oxygen atoms in total. The van der Waals surface area contributed by atoms with Crippen molar-refractivity contribution < 1.29 is 4.73 Å². The van der Waals surface area contributed by atoms with Crippen molar-refractivity contribution in [1.29, 1.82) is 0 Å². The molecular weight excluding hydrogens is 242 g/mol. The van der Waals surface area contributed by atoms with Crippen molar-refractivity contribution in [3.05, 3.63) is 65.5 Å². The standard InChI is InChI=1S/C15H17NOS/c1-13(10-11-14-7-3-2-4-8-14)18-15-9-5-6-12-16(15)17/h2-9,12-13H,10-11H2,1H3. The van der Waals surface area contributed by atoms with Crippen LogP contribution in [-0.4, -0.2) is 5.25 Å². The molecule has 2 rings (SSSR count). The van der Waals surface area contributed by atoms with Gasteiger partial charge in [-0.3, -0.25) is 0 Å². The molecule has 0 saturated heterocycles. The van der Waals surface area contributed by atoms with Crippen LogP contribution < -0.4 is 4.73 Å². The zero-order valence-corrected chi connectivity index (χ0v) is 11.3. The number of rotatable bonds is 5. The van der Waals surface area contributed by atoms with Gasteiger partial charge < -0.3 is 5.21 Å². The molecule has 0 aliphatic heterocycles. The predicted octanol–water partition coefficient (Wildman–Crippen LogP) is 3.43. The average Bonchev–Trinajstić information content (AvgIpc) is 2.40. The van der Waals surface area contributed by atoms with Crippen molar-refractivity contribution >= 4 is 11.8 Å². The Kier molecular flexibility index (Phi) is 4.65. The van der Waals surface area contributed by atoms with Crippen molar-refractivity contribution in [2.24, 2.45) is 0 Å². The van der Waals surface area contributed by atoms with Gasteiger partial charge in [0.2, 0.25) is 0 Å². The van der Waals surface area contributed by atoms with E-state index in [1.165, 1.54) is 5.56 Å². The Labute approximate surface area is 112 Å². The first-order chi connectivity index (χ1) is 8.75. The van der Waals surface area contributed by atoms with E-state index in [0.717, 1.165) is 22.6 Å². The molecule has 0 radical (unpaired) electrons. The zero-order chi connectivity index (χ0) is 12.8. The Morgan fingerprint density at radius 1 is 1.11 bits per heavy atom. The van der Waals surface area contributed by atoms with Crippen LogP contribution in [0.4, 0.5) is 0 Å². The molecule has 18 heavy (non-hydrogen) atoms. The molecule has 1 aromatic heterocycles. The summed E-state index contributed by atoms with van der Waals surface area (Å²) in [5, 5.41) is 12.7. The third-order valence-electron chi connectivity index (χ3n) is 2.79. The van der Waals surface area contributed by atoms with Crippen molar-refractivity contribution in [1.82, 2.24) is 0 Å². The quantitative estimate of drug-likeness (QED) is 0.467. The lowest BCUT2D eigenvalue weighted by atomic mass is 10.1. The van der Waals surface area contributed by atoms with Gasteiger partial charge in [-0.25, -0.2) is 0 Å². The summed E-state index contributed by atoms with van der Waals surface area (Å²) in [7, 11) is 0. The van der Waals surface area contributed by atoms with Crippen LogP contribution in [0.5, 0.6) is 0 Å². The van der Waals surface area contributed by atoms with E-state index in [-0.39, 0.29) is 0 Å². The molecule has 0 aliphatic carbocycles. The lowest BCUT2D eigenvalue weighted by molar-refractivity contribution is -0.645. The van der Waals surface area contributed by atoms with E-state index in [4.69, 9.17) is 0 Å². The minimum Gasteiger partial charge on any atom is -0.618 e. The van der Waals surface area contributed by atoms with Gasteiger partial charge in [-0.1, -0.05) is 49.0 Å². The summed E-state index contributed by atoms with van der Waals surface area (Å²) in [4.78, 5) is 0. The number of thioether (sulfide) groups is 1. The predicted molar refractivity (Wildman–Crippen MR) is 75.5 cm³/mol. The van der Waals surface area contributed by atoms with Crippen molar-refractivity contribution in [2.45, 2.75) is 30.0 Å². The van der Waals surface area contributed by atoms with E-state index in [1.807, 2.05) is 18.2 Å². The lowest BCUT2D eigenvalue weighted by Gasteiger charge is -2.10. The first kappa shape index (κ1) is 13.0. The van der Waals surface area contributed by atoms with Crippen LogP contribution in [0.25, 0.3) is 0 Å². The third-order valence-corrected chi connectivity index (χ3v) is 3.99. The summed E-state index contributed by atoms with van der Waals surface area (Å²) in [5.41, 5.74) is 1.35. The Morgan fingerprint density at radius 3 is 2.56 bits per heavy atom. The van der Waals surface area contributed by atoms with Gasteiger partial charge in [0.25, 0.3) is 5.03 Å². The Hall–Kier alpha value is -1.48. The van der Waals surface area contributed by atoms with Gasteiger partial charge in [0.15, 0.2) is 6.20 Å². The van der Waals surface area contributed by atoms with Crippen LogP contribution in [0.3, 0.4) is 0 Å². The second-order valence-electron chi connectivity index (χ2n) is 4.32. The van der Waals surface area contributed by atoms with Gasteiger partial charge in [0.1, 0.15) is 0 Å². The van der Waals surface area contributed by atoms with E-state index in [1.54, 1.807) is 24.0 Å². The highest BCUT2D eigenvalue weighted by Crippen LogP contribution is 2.23. The number of hydrogen-bond acceptors (Lipinski definition) is 2. The van der Waals surface area contributed by atoms with Crippen LogP contribution in [0.15, 0.2) is 59.8 Å². The van der Waals surface area contributed by atoms with Crippen LogP contribution >= 0.6 is 11.8 Å².